The molecule has 0 bridgehead atoms. The molecule has 0 fully saturated rings. The Morgan fingerprint density at radius 2 is 1.93 bits per heavy atom. The van der Waals surface area contributed by atoms with E-state index in [1.807, 2.05) is 55.5 Å². The molecule has 3 atom stereocenters. The first kappa shape index (κ1) is 40.1. The van der Waals surface area contributed by atoms with Gasteiger partial charge in [-0.15, -0.1) is 12.4 Å². The first-order valence-electron chi connectivity index (χ1n) is 19.3. The number of unbranched alkanes of at least 4 members (excludes halogenated alkanes) is 2. The molecule has 8 rings (SSSR count). The normalized spacial score (nSPS) is 17.0. The number of aliphatic imine (C=N–C) groups is 1. The van der Waals surface area contributed by atoms with Crippen LogP contribution in [-0.4, -0.2) is 68.5 Å². The van der Waals surface area contributed by atoms with Crippen molar-refractivity contribution in [2.75, 3.05) is 11.9 Å². The summed E-state index contributed by atoms with van der Waals surface area (Å²) in [4.78, 5) is 77.6. The smallest absolute Gasteiger partial charge is 0.326 e. The molecule has 1 amide bonds. The minimum Gasteiger partial charge on any atom is -0.480 e. The van der Waals surface area contributed by atoms with Crippen LogP contribution in [0.4, 0.5) is 11.4 Å². The number of nitrogens with zero attached hydrogens (tertiary/aromatic N) is 3. The summed E-state index contributed by atoms with van der Waals surface area (Å²) in [6.45, 7) is 2.24. The monoisotopic (exact) mass is 809 g/mol. The molecule has 5 aromatic rings. The van der Waals surface area contributed by atoms with Crippen molar-refractivity contribution in [1.29, 1.82) is 0 Å². The first-order valence-corrected chi connectivity index (χ1v) is 19.3. The number of cyclic esters (lactones) is 1. The highest BCUT2D eigenvalue weighted by atomic mass is 35.5. The van der Waals surface area contributed by atoms with Gasteiger partial charge in [0.05, 0.1) is 64.8 Å². The minimum atomic E-state index is -1.31. The van der Waals surface area contributed by atoms with Gasteiger partial charge < -0.3 is 40.5 Å². The quantitative estimate of drug-likeness (QED) is 0.0675. The molecule has 3 aromatic heterocycles. The van der Waals surface area contributed by atoms with Crippen LogP contribution in [-0.2, 0) is 53.6 Å². The number of aliphatic carboxylic acids is 1. The van der Waals surface area contributed by atoms with Crippen LogP contribution in [0.3, 0.4) is 0 Å². The number of carboxylic acid groups (broad SMARTS) is 1. The van der Waals surface area contributed by atoms with Crippen molar-refractivity contribution in [1.82, 2.24) is 19.9 Å². The average Bonchev–Trinajstić information content (AvgIpc) is 3.80. The number of fused-ring (bicyclic) bond motifs is 6. The molecular formula is C42H44ClN7O8. The van der Waals surface area contributed by atoms with Gasteiger partial charge in [-0.2, -0.15) is 0 Å². The number of H-pyrrole nitrogens is 1. The fourth-order valence-corrected chi connectivity index (χ4v) is 8.42. The van der Waals surface area contributed by atoms with E-state index in [0.717, 1.165) is 44.3 Å². The molecule has 0 saturated carbocycles. The highest BCUT2D eigenvalue weighted by Gasteiger charge is 2.46. The lowest BCUT2D eigenvalue weighted by Crippen LogP contribution is -2.49. The van der Waals surface area contributed by atoms with Crippen LogP contribution < -0.4 is 21.9 Å². The zero-order valence-corrected chi connectivity index (χ0v) is 32.7. The van der Waals surface area contributed by atoms with Gasteiger partial charge in [0.1, 0.15) is 12.6 Å². The maximum atomic E-state index is 14.0. The Balaban J connectivity index is 0.00000512. The van der Waals surface area contributed by atoms with Crippen molar-refractivity contribution in [3.63, 3.8) is 0 Å². The standard InChI is InChI=1S/C42H43N7O8.ClH/c1-2-42(15-6-3-7-16-56-34(50)14-13-32(40(53)54)48-38(51)28(43)17-23-19-44-29-10-5-4-9-24(23)29)27-18-33-36-25(20-49(33)39(52)26(27)21-57-41(42)55)37-35-30(45-22-46-37)11-8-12-31(35)47-36;/h4-5,8-12,18-19,22,28,32,44H,2-3,6-7,13-17,20-21,43H2,1H3,(H,45,46)(H,48,51)(H,53,54);1H/t28-,32-,42-;/m0./s1. The van der Waals surface area contributed by atoms with Gasteiger partial charge in [0.15, 0.2) is 0 Å². The fourth-order valence-electron chi connectivity index (χ4n) is 8.42. The van der Waals surface area contributed by atoms with Crippen LogP contribution in [0.5, 0.6) is 0 Å². The number of halogens is 1. The molecule has 58 heavy (non-hydrogen) atoms. The molecule has 0 unspecified atom stereocenters. The Kier molecular flexibility index (Phi) is 11.4. The summed E-state index contributed by atoms with van der Waals surface area (Å²) in [5, 5.41) is 17.2. The highest BCUT2D eigenvalue weighted by Crippen LogP contribution is 2.46. The average molecular weight is 810 g/mol. The van der Waals surface area contributed by atoms with Crippen LogP contribution in [0, 0.1) is 0 Å². The number of nitrogens with two attached hydrogens (primary N) is 1. The number of carbonyl (C=O) groups is 4. The third kappa shape index (κ3) is 7.19. The number of hydrogen-bond acceptors (Lipinski definition) is 11. The van der Waals surface area contributed by atoms with Gasteiger partial charge in [-0.25, -0.2) is 14.8 Å². The molecule has 2 aromatic carbocycles. The molecular weight excluding hydrogens is 766 g/mol. The van der Waals surface area contributed by atoms with E-state index in [4.69, 9.17) is 20.2 Å². The Labute approximate surface area is 338 Å². The summed E-state index contributed by atoms with van der Waals surface area (Å²) in [5.74, 6) is -2.86. The van der Waals surface area contributed by atoms with Crippen LogP contribution in [0.2, 0.25) is 0 Å². The van der Waals surface area contributed by atoms with Gasteiger partial charge in [0.25, 0.3) is 5.56 Å². The summed E-state index contributed by atoms with van der Waals surface area (Å²) in [7, 11) is 0. The van der Waals surface area contributed by atoms with Crippen molar-refractivity contribution < 1.29 is 33.8 Å². The Morgan fingerprint density at radius 3 is 2.74 bits per heavy atom. The van der Waals surface area contributed by atoms with Gasteiger partial charge in [0, 0.05) is 34.5 Å². The molecule has 3 aliphatic rings. The summed E-state index contributed by atoms with van der Waals surface area (Å²) in [6.07, 6.45) is 5.83. The summed E-state index contributed by atoms with van der Waals surface area (Å²) in [5.41, 5.74) is 12.4. The summed E-state index contributed by atoms with van der Waals surface area (Å²) >= 11 is 0. The number of anilines is 1. The van der Waals surface area contributed by atoms with Crippen molar-refractivity contribution in [2.45, 2.75) is 88.9 Å². The lowest BCUT2D eigenvalue weighted by molar-refractivity contribution is -0.155. The molecule has 0 saturated heterocycles. The number of para-hydroxylation sites is 1. The maximum Gasteiger partial charge on any atom is 0.326 e. The van der Waals surface area contributed by atoms with Gasteiger partial charge >= 0.3 is 17.9 Å². The van der Waals surface area contributed by atoms with Crippen molar-refractivity contribution in [2.24, 2.45) is 10.7 Å². The van der Waals surface area contributed by atoms with Crippen molar-refractivity contribution in [3.05, 3.63) is 87.3 Å². The third-order valence-corrected chi connectivity index (χ3v) is 11.5. The van der Waals surface area contributed by atoms with E-state index in [0.29, 0.717) is 61.2 Å². The van der Waals surface area contributed by atoms with Crippen molar-refractivity contribution >= 4 is 75.7 Å². The van der Waals surface area contributed by atoms with Crippen LogP contribution in [0.1, 0.15) is 74.1 Å². The van der Waals surface area contributed by atoms with E-state index < -0.39 is 35.3 Å². The fraction of sp³-hybridized carbons (Fsp3) is 0.357. The number of amides is 1. The summed E-state index contributed by atoms with van der Waals surface area (Å²) in [6, 6.07) is 13.0. The molecule has 0 radical (unpaired) electrons. The molecule has 6 heterocycles. The number of carboxylic acids is 1. The number of rotatable bonds is 15. The number of aromatic amines is 1. The van der Waals surface area contributed by atoms with E-state index in [9.17, 15) is 29.1 Å². The van der Waals surface area contributed by atoms with E-state index in [1.165, 1.54) is 0 Å². The topological polar surface area (TPSA) is 220 Å². The molecule has 302 valence electrons. The first-order chi connectivity index (χ1) is 27.6. The predicted molar refractivity (Wildman–Crippen MR) is 220 cm³/mol. The number of aromatic nitrogens is 3. The molecule has 6 N–H and O–H groups in total. The minimum absolute atomic E-state index is 0. The number of nitrogens with one attached hydrogen (secondary N) is 3. The Hall–Kier alpha value is -6.06. The number of pyridine rings is 2. The Bertz CT molecular complexity index is 2550. The van der Waals surface area contributed by atoms with E-state index >= 15 is 0 Å². The molecule has 3 aliphatic heterocycles. The number of benzene rings is 2. The number of hydrogen-bond donors (Lipinski definition) is 5. The van der Waals surface area contributed by atoms with Gasteiger partial charge in [0.2, 0.25) is 5.91 Å². The van der Waals surface area contributed by atoms with Crippen LogP contribution in [0.25, 0.3) is 33.2 Å². The zero-order valence-electron chi connectivity index (χ0n) is 31.8. The second-order valence-electron chi connectivity index (χ2n) is 14.9. The van der Waals surface area contributed by atoms with E-state index in [1.54, 1.807) is 17.1 Å². The predicted octanol–water partition coefficient (Wildman–Crippen LogP) is 5.14. The number of carbonyl (C=O) groups excluding carboxylic acids is 3. The second-order valence-corrected chi connectivity index (χ2v) is 14.9. The van der Waals surface area contributed by atoms with Gasteiger partial charge in [-0.3, -0.25) is 19.2 Å². The summed E-state index contributed by atoms with van der Waals surface area (Å²) < 4.78 is 12.8. The highest BCUT2D eigenvalue weighted by molar-refractivity contribution is 6.09. The molecule has 0 aliphatic carbocycles. The zero-order chi connectivity index (χ0) is 39.8. The van der Waals surface area contributed by atoms with Gasteiger partial charge in [-0.1, -0.05) is 44.0 Å². The van der Waals surface area contributed by atoms with Crippen LogP contribution >= 0.6 is 12.4 Å². The third-order valence-electron chi connectivity index (χ3n) is 11.5. The molecule has 15 nitrogen and oxygen atoms in total. The number of esters is 2. The lowest BCUT2D eigenvalue weighted by atomic mass is 9.71. The SMILES string of the molecule is CC[C@@]1(CCCCCOC(=O)CC[C@H](NC(=O)[C@@H](N)Cc2c[nH]c3ccccc23)C(=O)O)C(=O)OCc2c1cc1n(c2=O)Cc2c-1nc1cccc3c1c2N=CN3.Cl. The Morgan fingerprint density at radius 1 is 1.10 bits per heavy atom. The number of ether oxygens (including phenoxy) is 2. The largest absolute Gasteiger partial charge is 0.480 e. The van der Waals surface area contributed by atoms with Crippen LogP contribution in [0.15, 0.2) is 64.5 Å². The van der Waals surface area contributed by atoms with E-state index in [2.05, 4.69) is 20.6 Å². The maximum absolute atomic E-state index is 14.0. The van der Waals surface area contributed by atoms with Crippen molar-refractivity contribution in [3.8, 4) is 11.4 Å². The van der Waals surface area contributed by atoms with E-state index in [-0.39, 0.29) is 56.4 Å². The van der Waals surface area contributed by atoms with Gasteiger partial charge in [-0.05, 0) is 67.5 Å². The molecule has 16 heteroatoms. The lowest BCUT2D eigenvalue weighted by Gasteiger charge is -2.36. The second kappa shape index (κ2) is 16.4. The molecule has 0 spiro atoms.